The number of carbonyl (C=O) groups is 1. The molecule has 1 N–H and O–H groups in total. The van der Waals surface area contributed by atoms with E-state index >= 15 is 0 Å². The molecule has 1 aliphatic heterocycles. The molecule has 0 aliphatic carbocycles. The Balaban J connectivity index is 1.94. The van der Waals surface area contributed by atoms with E-state index in [1.165, 1.54) is 43.8 Å². The topological polar surface area (TPSA) is 103 Å². The molecule has 3 rings (SSSR count). The van der Waals surface area contributed by atoms with Gasteiger partial charge in [-0.05, 0) is 30.3 Å². The molecule has 1 aliphatic rings. The van der Waals surface area contributed by atoms with Crippen molar-refractivity contribution >= 4 is 21.6 Å². The van der Waals surface area contributed by atoms with Crippen molar-refractivity contribution in [3.8, 4) is 17.2 Å². The molecule has 2 aromatic carbocycles. The molecule has 0 aromatic heterocycles. The van der Waals surface area contributed by atoms with Crippen molar-refractivity contribution in [3.63, 3.8) is 0 Å². The van der Waals surface area contributed by atoms with Gasteiger partial charge in [0.25, 0.3) is 5.91 Å². The van der Waals surface area contributed by atoms with E-state index in [0.29, 0.717) is 30.4 Å². The number of carbonyl (C=O) groups excluding carboxylic acids is 1. The minimum atomic E-state index is -3.85. The summed E-state index contributed by atoms with van der Waals surface area (Å²) in [4.78, 5) is 12.8. The molecule has 1 fully saturated rings. The maximum absolute atomic E-state index is 13.1. The Morgan fingerprint density at radius 2 is 1.63 bits per heavy atom. The van der Waals surface area contributed by atoms with Gasteiger partial charge in [0.15, 0.2) is 0 Å². The lowest BCUT2D eigenvalue weighted by molar-refractivity contribution is 0.0729. The fourth-order valence-corrected chi connectivity index (χ4v) is 4.64. The molecule has 0 bridgehead atoms. The largest absolute Gasteiger partial charge is 0.497 e. The highest BCUT2D eigenvalue weighted by Gasteiger charge is 2.30. The predicted octanol–water partition coefficient (Wildman–Crippen LogP) is 1.99. The fourth-order valence-electron chi connectivity index (χ4n) is 3.05. The SMILES string of the molecule is COc1ccc(OC)c(NC(=O)c2ccc(OC)c(S(=O)(=O)N3CCOCC3)c2)c1. The molecular weight excluding hydrogens is 412 g/mol. The number of hydrogen-bond donors (Lipinski definition) is 1. The normalized spacial score (nSPS) is 14.8. The summed E-state index contributed by atoms with van der Waals surface area (Å²) in [5.74, 6) is 0.648. The van der Waals surface area contributed by atoms with Crippen LogP contribution in [-0.2, 0) is 14.8 Å². The van der Waals surface area contributed by atoms with Crippen LogP contribution in [0, 0.1) is 0 Å². The van der Waals surface area contributed by atoms with E-state index in [9.17, 15) is 13.2 Å². The second-order valence-corrected chi connectivity index (χ2v) is 8.31. The van der Waals surface area contributed by atoms with Crippen LogP contribution in [-0.4, -0.2) is 66.3 Å². The third-order valence-corrected chi connectivity index (χ3v) is 6.59. The predicted molar refractivity (Wildman–Crippen MR) is 110 cm³/mol. The van der Waals surface area contributed by atoms with Crippen LogP contribution in [0.15, 0.2) is 41.3 Å². The van der Waals surface area contributed by atoms with Gasteiger partial charge in [-0.2, -0.15) is 4.31 Å². The van der Waals surface area contributed by atoms with Crippen LogP contribution in [0.3, 0.4) is 0 Å². The number of anilines is 1. The summed E-state index contributed by atoms with van der Waals surface area (Å²) < 4.78 is 48.5. The van der Waals surface area contributed by atoms with Gasteiger partial charge in [-0.25, -0.2) is 8.42 Å². The molecular formula is C20H24N2O7S. The number of hydrogen-bond acceptors (Lipinski definition) is 7. The number of benzene rings is 2. The smallest absolute Gasteiger partial charge is 0.255 e. The lowest BCUT2D eigenvalue weighted by Crippen LogP contribution is -2.40. The van der Waals surface area contributed by atoms with E-state index in [-0.39, 0.29) is 29.3 Å². The maximum Gasteiger partial charge on any atom is 0.255 e. The highest BCUT2D eigenvalue weighted by molar-refractivity contribution is 7.89. The van der Waals surface area contributed by atoms with Crippen molar-refractivity contribution in [2.45, 2.75) is 4.90 Å². The number of ether oxygens (including phenoxy) is 4. The average Bonchev–Trinajstić information content (AvgIpc) is 2.79. The summed E-state index contributed by atoms with van der Waals surface area (Å²) in [5.41, 5.74) is 0.558. The number of nitrogens with zero attached hydrogens (tertiary/aromatic N) is 1. The highest BCUT2D eigenvalue weighted by Crippen LogP contribution is 2.31. The van der Waals surface area contributed by atoms with E-state index in [0.717, 1.165) is 0 Å². The van der Waals surface area contributed by atoms with Crippen molar-refractivity contribution in [3.05, 3.63) is 42.0 Å². The van der Waals surface area contributed by atoms with Gasteiger partial charge in [-0.1, -0.05) is 0 Å². The molecule has 1 saturated heterocycles. The van der Waals surface area contributed by atoms with Gasteiger partial charge in [-0.15, -0.1) is 0 Å². The van der Waals surface area contributed by atoms with Crippen molar-refractivity contribution in [2.75, 3.05) is 52.9 Å². The molecule has 2 aromatic rings. The minimum Gasteiger partial charge on any atom is -0.497 e. The summed E-state index contributed by atoms with van der Waals surface area (Å²) in [6.07, 6.45) is 0. The van der Waals surface area contributed by atoms with E-state index in [1.54, 1.807) is 18.2 Å². The first-order valence-electron chi connectivity index (χ1n) is 9.20. The van der Waals surface area contributed by atoms with Crippen molar-refractivity contribution in [2.24, 2.45) is 0 Å². The summed E-state index contributed by atoms with van der Waals surface area (Å²) in [5, 5.41) is 2.73. The van der Waals surface area contributed by atoms with Crippen LogP contribution < -0.4 is 19.5 Å². The van der Waals surface area contributed by atoms with Gasteiger partial charge in [0.2, 0.25) is 10.0 Å². The lowest BCUT2D eigenvalue weighted by atomic mass is 10.2. The molecule has 0 radical (unpaired) electrons. The van der Waals surface area contributed by atoms with Crippen LogP contribution in [0.4, 0.5) is 5.69 Å². The molecule has 0 saturated carbocycles. The van der Waals surface area contributed by atoms with Gasteiger partial charge >= 0.3 is 0 Å². The van der Waals surface area contributed by atoms with Gasteiger partial charge in [0.05, 0.1) is 40.2 Å². The Kier molecular flexibility index (Phi) is 6.80. The number of nitrogens with one attached hydrogen (secondary N) is 1. The van der Waals surface area contributed by atoms with Crippen LogP contribution in [0.2, 0.25) is 0 Å². The zero-order valence-corrected chi connectivity index (χ0v) is 17.8. The molecule has 30 heavy (non-hydrogen) atoms. The van der Waals surface area contributed by atoms with Gasteiger partial charge in [0, 0.05) is 24.7 Å². The fraction of sp³-hybridized carbons (Fsp3) is 0.350. The molecule has 0 atom stereocenters. The zero-order valence-electron chi connectivity index (χ0n) is 17.0. The second-order valence-electron chi connectivity index (χ2n) is 6.40. The Bertz CT molecular complexity index is 1020. The number of morpholine rings is 1. The first-order valence-corrected chi connectivity index (χ1v) is 10.6. The minimum absolute atomic E-state index is 0.0721. The van der Waals surface area contributed by atoms with Gasteiger partial charge in [-0.3, -0.25) is 4.79 Å². The Morgan fingerprint density at radius 1 is 0.967 bits per heavy atom. The van der Waals surface area contributed by atoms with Crippen LogP contribution in [0.25, 0.3) is 0 Å². The monoisotopic (exact) mass is 436 g/mol. The molecule has 162 valence electrons. The van der Waals surface area contributed by atoms with E-state index in [1.807, 2.05) is 0 Å². The molecule has 1 heterocycles. The Labute approximate surface area is 175 Å². The third-order valence-electron chi connectivity index (χ3n) is 4.67. The molecule has 1 amide bonds. The summed E-state index contributed by atoms with van der Waals surface area (Å²) in [7, 11) is 0.527. The summed E-state index contributed by atoms with van der Waals surface area (Å²) >= 11 is 0. The Hall–Kier alpha value is -2.82. The maximum atomic E-state index is 13.1. The number of sulfonamides is 1. The first kappa shape index (κ1) is 21.9. The Morgan fingerprint density at radius 3 is 2.27 bits per heavy atom. The standard InChI is InChI=1S/C20H24N2O7S/c1-26-15-5-7-17(27-2)16(13-15)21-20(23)14-4-6-18(28-3)19(12-14)30(24,25)22-8-10-29-11-9-22/h4-7,12-13H,8-11H2,1-3H3,(H,21,23). The molecule has 9 nitrogen and oxygen atoms in total. The van der Waals surface area contributed by atoms with Crippen LogP contribution in [0.5, 0.6) is 17.2 Å². The molecule has 0 spiro atoms. The first-order chi connectivity index (χ1) is 14.4. The van der Waals surface area contributed by atoms with E-state index < -0.39 is 15.9 Å². The quantitative estimate of drug-likeness (QED) is 0.708. The third kappa shape index (κ3) is 4.50. The van der Waals surface area contributed by atoms with Crippen molar-refractivity contribution in [1.82, 2.24) is 4.31 Å². The molecule has 10 heteroatoms. The molecule has 0 unspecified atom stereocenters. The second kappa shape index (κ2) is 9.33. The summed E-state index contributed by atoms with van der Waals surface area (Å²) in [6.45, 7) is 1.11. The van der Waals surface area contributed by atoms with Crippen LogP contribution in [0.1, 0.15) is 10.4 Å². The lowest BCUT2D eigenvalue weighted by Gasteiger charge is -2.26. The zero-order chi connectivity index (χ0) is 21.7. The van der Waals surface area contributed by atoms with Crippen molar-refractivity contribution < 1.29 is 32.2 Å². The number of amides is 1. The average molecular weight is 436 g/mol. The van der Waals surface area contributed by atoms with Crippen molar-refractivity contribution in [1.29, 1.82) is 0 Å². The summed E-state index contributed by atoms with van der Waals surface area (Å²) in [6, 6.07) is 9.26. The van der Waals surface area contributed by atoms with E-state index in [4.69, 9.17) is 18.9 Å². The van der Waals surface area contributed by atoms with Gasteiger partial charge in [0.1, 0.15) is 22.1 Å². The number of methoxy groups -OCH3 is 3. The van der Waals surface area contributed by atoms with Gasteiger partial charge < -0.3 is 24.3 Å². The van der Waals surface area contributed by atoms with Crippen LogP contribution >= 0.6 is 0 Å². The highest BCUT2D eigenvalue weighted by atomic mass is 32.2. The van der Waals surface area contributed by atoms with E-state index in [2.05, 4.69) is 5.32 Å². The number of rotatable bonds is 7.